The smallest absolute Gasteiger partial charge is 0.410 e. The molecule has 6 nitrogen and oxygen atoms in total. The van der Waals surface area contributed by atoms with Crippen molar-refractivity contribution in [2.45, 2.75) is 58.2 Å². The van der Waals surface area contributed by atoms with Gasteiger partial charge in [-0.05, 0) is 46.5 Å². The number of hydrogen-bond donors (Lipinski definition) is 1. The third kappa shape index (κ3) is 4.09. The van der Waals surface area contributed by atoms with Crippen LogP contribution in [0, 0.1) is 5.41 Å². The van der Waals surface area contributed by atoms with Crippen LogP contribution in [-0.4, -0.2) is 53.5 Å². The number of likely N-dealkylation sites (tertiary alicyclic amines) is 1. The maximum atomic E-state index is 12.2. The number of hydrogen-bond acceptors (Lipinski definition) is 4. The molecule has 0 saturated carbocycles. The Bertz CT molecular complexity index is 407. The Morgan fingerprint density at radius 1 is 1.33 bits per heavy atom. The van der Waals surface area contributed by atoms with Gasteiger partial charge >= 0.3 is 12.1 Å². The highest BCUT2D eigenvalue weighted by Gasteiger charge is 2.43. The molecule has 1 spiro atoms. The number of carboxylic acids is 1. The number of ether oxygens (including phenoxy) is 2. The summed E-state index contributed by atoms with van der Waals surface area (Å²) in [5, 5.41) is 8.98. The van der Waals surface area contributed by atoms with E-state index in [2.05, 4.69) is 0 Å². The van der Waals surface area contributed by atoms with E-state index in [9.17, 15) is 9.59 Å². The molecule has 2 aliphatic heterocycles. The van der Waals surface area contributed by atoms with Gasteiger partial charge in [0.15, 0.2) is 6.10 Å². The quantitative estimate of drug-likeness (QED) is 0.803. The minimum absolute atomic E-state index is 0.110. The van der Waals surface area contributed by atoms with Crippen LogP contribution in [0.4, 0.5) is 4.79 Å². The molecule has 0 aromatic carbocycles. The van der Waals surface area contributed by atoms with E-state index in [4.69, 9.17) is 14.6 Å². The highest BCUT2D eigenvalue weighted by molar-refractivity contribution is 5.72. The molecule has 21 heavy (non-hydrogen) atoms. The van der Waals surface area contributed by atoms with Gasteiger partial charge in [-0.15, -0.1) is 0 Å². The fourth-order valence-electron chi connectivity index (χ4n) is 3.08. The second-order valence-corrected chi connectivity index (χ2v) is 7.18. The molecule has 0 aromatic rings. The van der Waals surface area contributed by atoms with Crippen LogP contribution in [0.3, 0.4) is 0 Å². The topological polar surface area (TPSA) is 76.1 Å². The second-order valence-electron chi connectivity index (χ2n) is 7.18. The van der Waals surface area contributed by atoms with Crippen LogP contribution in [0.15, 0.2) is 0 Å². The van der Waals surface area contributed by atoms with Crippen molar-refractivity contribution < 1.29 is 24.2 Å². The molecule has 6 heteroatoms. The first-order valence-corrected chi connectivity index (χ1v) is 7.53. The SMILES string of the molecule is CC(C)(C)OC(=O)N1CCCC2(CCC(C(=O)O)OC2)C1. The average molecular weight is 299 g/mol. The molecular weight excluding hydrogens is 274 g/mol. The van der Waals surface area contributed by atoms with Crippen LogP contribution in [-0.2, 0) is 14.3 Å². The molecule has 2 rings (SSSR count). The molecule has 2 heterocycles. The zero-order valence-corrected chi connectivity index (χ0v) is 13.1. The number of amides is 1. The van der Waals surface area contributed by atoms with Crippen LogP contribution in [0.5, 0.6) is 0 Å². The van der Waals surface area contributed by atoms with Gasteiger partial charge in [-0.3, -0.25) is 0 Å². The fraction of sp³-hybridized carbons (Fsp3) is 0.867. The lowest BCUT2D eigenvalue weighted by molar-refractivity contribution is -0.162. The first kappa shape index (κ1) is 16.1. The van der Waals surface area contributed by atoms with Crippen molar-refractivity contribution in [2.24, 2.45) is 5.41 Å². The van der Waals surface area contributed by atoms with Crippen LogP contribution >= 0.6 is 0 Å². The number of rotatable bonds is 1. The van der Waals surface area contributed by atoms with Crippen LogP contribution in [0.1, 0.15) is 46.5 Å². The van der Waals surface area contributed by atoms with Crippen molar-refractivity contribution >= 4 is 12.1 Å². The van der Waals surface area contributed by atoms with Crippen molar-refractivity contribution in [3.05, 3.63) is 0 Å². The molecule has 2 saturated heterocycles. The van der Waals surface area contributed by atoms with E-state index in [0.717, 1.165) is 19.3 Å². The maximum Gasteiger partial charge on any atom is 0.410 e. The summed E-state index contributed by atoms with van der Waals surface area (Å²) in [5.74, 6) is -0.898. The number of carbonyl (C=O) groups excluding carboxylic acids is 1. The molecule has 120 valence electrons. The molecule has 0 bridgehead atoms. The van der Waals surface area contributed by atoms with Crippen LogP contribution in [0.25, 0.3) is 0 Å². The standard InChI is InChI=1S/C15H25NO5/c1-14(2,3)21-13(19)16-8-4-6-15(9-16)7-5-11(12(17)18)20-10-15/h11H,4-10H2,1-3H3,(H,17,18). The van der Waals surface area contributed by atoms with Crippen molar-refractivity contribution in [1.29, 1.82) is 0 Å². The largest absolute Gasteiger partial charge is 0.479 e. The highest BCUT2D eigenvalue weighted by Crippen LogP contribution is 2.39. The van der Waals surface area contributed by atoms with Gasteiger partial charge < -0.3 is 19.5 Å². The van der Waals surface area contributed by atoms with E-state index in [1.807, 2.05) is 20.8 Å². The monoisotopic (exact) mass is 299 g/mol. The molecule has 2 fully saturated rings. The first-order valence-electron chi connectivity index (χ1n) is 7.53. The minimum atomic E-state index is -0.898. The van der Waals surface area contributed by atoms with E-state index in [0.29, 0.717) is 26.1 Å². The Kier molecular flexibility index (Phi) is 4.46. The summed E-state index contributed by atoms with van der Waals surface area (Å²) in [5.41, 5.74) is -0.611. The molecule has 1 N–H and O–H groups in total. The predicted molar refractivity (Wildman–Crippen MR) is 76.1 cm³/mol. The number of nitrogens with zero attached hydrogens (tertiary/aromatic N) is 1. The number of carboxylic acid groups (broad SMARTS) is 1. The van der Waals surface area contributed by atoms with Gasteiger partial charge in [-0.25, -0.2) is 9.59 Å². The van der Waals surface area contributed by atoms with E-state index in [1.54, 1.807) is 4.90 Å². The van der Waals surface area contributed by atoms with Crippen molar-refractivity contribution in [2.75, 3.05) is 19.7 Å². The predicted octanol–water partition coefficient (Wildman–Crippen LogP) is 2.27. The van der Waals surface area contributed by atoms with E-state index < -0.39 is 17.7 Å². The fourth-order valence-corrected chi connectivity index (χ4v) is 3.08. The van der Waals surface area contributed by atoms with E-state index in [-0.39, 0.29) is 11.5 Å². The lowest BCUT2D eigenvalue weighted by Gasteiger charge is -2.45. The Balaban J connectivity index is 1.95. The van der Waals surface area contributed by atoms with Crippen LogP contribution in [0.2, 0.25) is 0 Å². The Labute approximate surface area is 125 Å². The van der Waals surface area contributed by atoms with Gasteiger partial charge in [0, 0.05) is 18.5 Å². The zero-order valence-electron chi connectivity index (χ0n) is 13.1. The van der Waals surface area contributed by atoms with Gasteiger partial charge in [0.05, 0.1) is 6.61 Å². The summed E-state index contributed by atoms with van der Waals surface area (Å²) in [7, 11) is 0. The second kappa shape index (κ2) is 5.83. The lowest BCUT2D eigenvalue weighted by Crippen LogP contribution is -2.52. The Morgan fingerprint density at radius 2 is 2.05 bits per heavy atom. The van der Waals surface area contributed by atoms with Gasteiger partial charge in [-0.1, -0.05) is 0 Å². The summed E-state index contributed by atoms with van der Waals surface area (Å²) in [6.45, 7) is 7.25. The minimum Gasteiger partial charge on any atom is -0.479 e. The third-order valence-electron chi connectivity index (χ3n) is 4.12. The van der Waals surface area contributed by atoms with Crippen molar-refractivity contribution in [1.82, 2.24) is 4.90 Å². The molecule has 0 radical (unpaired) electrons. The number of aliphatic carboxylic acids is 1. The highest BCUT2D eigenvalue weighted by atomic mass is 16.6. The van der Waals surface area contributed by atoms with E-state index in [1.165, 1.54) is 0 Å². The van der Waals surface area contributed by atoms with Crippen molar-refractivity contribution in [3.8, 4) is 0 Å². The van der Waals surface area contributed by atoms with Gasteiger partial charge in [-0.2, -0.15) is 0 Å². The molecule has 0 aliphatic carbocycles. The molecule has 2 atom stereocenters. The lowest BCUT2D eigenvalue weighted by atomic mass is 9.75. The first-order chi connectivity index (χ1) is 9.71. The molecule has 2 aliphatic rings. The van der Waals surface area contributed by atoms with Gasteiger partial charge in [0.2, 0.25) is 0 Å². The summed E-state index contributed by atoms with van der Waals surface area (Å²) >= 11 is 0. The van der Waals surface area contributed by atoms with Crippen molar-refractivity contribution in [3.63, 3.8) is 0 Å². The number of piperidine rings is 1. The maximum absolute atomic E-state index is 12.2. The summed E-state index contributed by atoms with van der Waals surface area (Å²) in [4.78, 5) is 24.9. The molecule has 1 amide bonds. The summed E-state index contributed by atoms with van der Waals surface area (Å²) < 4.78 is 10.9. The molecular formula is C15H25NO5. The van der Waals surface area contributed by atoms with Gasteiger partial charge in [0.1, 0.15) is 5.60 Å². The zero-order chi connectivity index (χ0) is 15.7. The normalized spacial score (nSPS) is 30.2. The Morgan fingerprint density at radius 3 is 2.57 bits per heavy atom. The van der Waals surface area contributed by atoms with Crippen LogP contribution < -0.4 is 0 Å². The third-order valence-corrected chi connectivity index (χ3v) is 4.12. The summed E-state index contributed by atoms with van der Waals surface area (Å²) in [6.07, 6.45) is 2.18. The van der Waals surface area contributed by atoms with E-state index >= 15 is 0 Å². The van der Waals surface area contributed by atoms with Gasteiger partial charge in [0.25, 0.3) is 0 Å². The molecule has 2 unspecified atom stereocenters. The molecule has 0 aromatic heterocycles. The number of carbonyl (C=O) groups is 2. The summed E-state index contributed by atoms with van der Waals surface area (Å²) in [6, 6.07) is 0. The Hall–Kier alpha value is -1.30. The average Bonchev–Trinajstić information content (AvgIpc) is 2.37.